The highest BCUT2D eigenvalue weighted by Crippen LogP contribution is 2.24. The first-order valence-electron chi connectivity index (χ1n) is 7.62. The molecule has 1 aromatic carbocycles. The van der Waals surface area contributed by atoms with Crippen molar-refractivity contribution >= 4 is 23.4 Å². The van der Waals surface area contributed by atoms with Gasteiger partial charge in [-0.3, -0.25) is 14.6 Å². The lowest BCUT2D eigenvalue weighted by atomic mass is 10.3. The molecule has 0 aliphatic carbocycles. The molecule has 1 heterocycles. The van der Waals surface area contributed by atoms with Crippen LogP contribution in [-0.2, 0) is 16.1 Å². The van der Waals surface area contributed by atoms with Gasteiger partial charge >= 0.3 is 0 Å². The van der Waals surface area contributed by atoms with Gasteiger partial charge in [0.15, 0.2) is 0 Å². The predicted molar refractivity (Wildman–Crippen MR) is 95.4 cm³/mol. The number of hydrogen-bond acceptors (Lipinski definition) is 4. The van der Waals surface area contributed by atoms with E-state index in [9.17, 15) is 9.59 Å². The molecule has 0 radical (unpaired) electrons. The van der Waals surface area contributed by atoms with E-state index in [-0.39, 0.29) is 31.3 Å². The number of rotatable bonds is 8. The van der Waals surface area contributed by atoms with Crippen molar-refractivity contribution in [1.29, 1.82) is 0 Å². The van der Waals surface area contributed by atoms with Crippen LogP contribution < -0.4 is 15.4 Å². The zero-order chi connectivity index (χ0) is 18.1. The first-order valence-corrected chi connectivity index (χ1v) is 8.00. The van der Waals surface area contributed by atoms with Crippen LogP contribution in [0.2, 0.25) is 5.02 Å². The molecular weight excluding hydrogens is 342 g/mol. The Morgan fingerprint density at radius 1 is 1.20 bits per heavy atom. The van der Waals surface area contributed by atoms with Crippen LogP contribution in [0.3, 0.4) is 0 Å². The van der Waals surface area contributed by atoms with Crippen LogP contribution in [0.4, 0.5) is 0 Å². The minimum atomic E-state index is -0.305. The topological polar surface area (TPSA) is 80.3 Å². The zero-order valence-corrected chi connectivity index (χ0v) is 14.3. The van der Waals surface area contributed by atoms with Gasteiger partial charge in [0, 0.05) is 30.3 Å². The van der Waals surface area contributed by atoms with Gasteiger partial charge in [0.1, 0.15) is 11.5 Å². The molecule has 2 N–H and O–H groups in total. The summed E-state index contributed by atoms with van der Waals surface area (Å²) in [6.45, 7) is 3.85. The minimum Gasteiger partial charge on any atom is -0.457 e. The summed E-state index contributed by atoms with van der Waals surface area (Å²) in [6, 6.07) is 10.5. The Labute approximate surface area is 150 Å². The molecule has 0 saturated carbocycles. The third-order valence-electron chi connectivity index (χ3n) is 3.12. The Balaban J connectivity index is 1.83. The quantitative estimate of drug-likeness (QED) is 0.710. The standard InChI is InChI=1S/C18H18ClN3O3/c1-2-17(23)21-9-7-18(24)22-12-14-11-16(6-8-20-14)25-15-5-3-4-13(19)10-15/h2-6,8,10-11H,1,7,9,12H2,(H,21,23)(H,22,24). The Kier molecular flexibility index (Phi) is 6.98. The van der Waals surface area contributed by atoms with E-state index in [0.717, 1.165) is 6.08 Å². The molecule has 0 bridgehead atoms. The summed E-state index contributed by atoms with van der Waals surface area (Å²) in [6.07, 6.45) is 2.94. The molecule has 0 fully saturated rings. The second-order valence-corrected chi connectivity index (χ2v) is 5.50. The summed E-state index contributed by atoms with van der Waals surface area (Å²) >= 11 is 5.93. The third kappa shape index (κ3) is 6.64. The van der Waals surface area contributed by atoms with E-state index in [1.54, 1.807) is 42.6 Å². The van der Waals surface area contributed by atoms with E-state index in [4.69, 9.17) is 16.3 Å². The number of amides is 2. The highest BCUT2D eigenvalue weighted by atomic mass is 35.5. The number of pyridine rings is 1. The Bertz CT molecular complexity index is 765. The fraction of sp³-hybridized carbons (Fsp3) is 0.167. The average Bonchev–Trinajstić information content (AvgIpc) is 2.60. The minimum absolute atomic E-state index is 0.179. The van der Waals surface area contributed by atoms with Crippen molar-refractivity contribution < 1.29 is 14.3 Å². The van der Waals surface area contributed by atoms with Crippen molar-refractivity contribution in [2.45, 2.75) is 13.0 Å². The molecule has 2 aromatic rings. The van der Waals surface area contributed by atoms with Crippen LogP contribution in [0.15, 0.2) is 55.3 Å². The highest BCUT2D eigenvalue weighted by molar-refractivity contribution is 6.30. The summed E-state index contributed by atoms with van der Waals surface area (Å²) in [7, 11) is 0. The summed E-state index contributed by atoms with van der Waals surface area (Å²) in [5.74, 6) is 0.721. The number of nitrogens with one attached hydrogen (secondary N) is 2. The van der Waals surface area contributed by atoms with Gasteiger partial charge < -0.3 is 15.4 Å². The summed E-state index contributed by atoms with van der Waals surface area (Å²) in [4.78, 5) is 26.9. The van der Waals surface area contributed by atoms with Crippen molar-refractivity contribution in [3.8, 4) is 11.5 Å². The van der Waals surface area contributed by atoms with E-state index < -0.39 is 0 Å². The number of hydrogen-bond donors (Lipinski definition) is 2. The first kappa shape index (κ1) is 18.5. The highest BCUT2D eigenvalue weighted by Gasteiger charge is 2.05. The number of halogens is 1. The summed E-state index contributed by atoms with van der Waals surface area (Å²) in [5.41, 5.74) is 0.656. The molecule has 0 saturated heterocycles. The van der Waals surface area contributed by atoms with Crippen molar-refractivity contribution in [2.24, 2.45) is 0 Å². The second-order valence-electron chi connectivity index (χ2n) is 5.06. The van der Waals surface area contributed by atoms with E-state index in [2.05, 4.69) is 22.2 Å². The van der Waals surface area contributed by atoms with Gasteiger partial charge in [-0.15, -0.1) is 0 Å². The second kappa shape index (κ2) is 9.44. The average molecular weight is 360 g/mol. The summed E-state index contributed by atoms with van der Waals surface area (Å²) < 4.78 is 5.72. The molecule has 0 unspecified atom stereocenters. The normalized spacial score (nSPS) is 9.96. The van der Waals surface area contributed by atoms with Gasteiger partial charge in [0.2, 0.25) is 11.8 Å². The van der Waals surface area contributed by atoms with Gasteiger partial charge in [0.25, 0.3) is 0 Å². The molecule has 0 atom stereocenters. The number of aromatic nitrogens is 1. The van der Waals surface area contributed by atoms with Crippen molar-refractivity contribution in [2.75, 3.05) is 6.54 Å². The van der Waals surface area contributed by atoms with Gasteiger partial charge in [-0.1, -0.05) is 24.2 Å². The van der Waals surface area contributed by atoms with Crippen molar-refractivity contribution in [1.82, 2.24) is 15.6 Å². The molecule has 2 amide bonds. The monoisotopic (exact) mass is 359 g/mol. The van der Waals surface area contributed by atoms with Gasteiger partial charge in [-0.25, -0.2) is 0 Å². The zero-order valence-electron chi connectivity index (χ0n) is 13.5. The van der Waals surface area contributed by atoms with Crippen LogP contribution in [-0.4, -0.2) is 23.3 Å². The maximum absolute atomic E-state index is 11.7. The number of ether oxygens (including phenoxy) is 1. The lowest BCUT2D eigenvalue weighted by molar-refractivity contribution is -0.121. The Morgan fingerprint density at radius 2 is 2.00 bits per heavy atom. The van der Waals surface area contributed by atoms with Gasteiger partial charge in [0.05, 0.1) is 12.2 Å². The van der Waals surface area contributed by atoms with Crippen LogP contribution in [0.1, 0.15) is 12.1 Å². The molecule has 130 valence electrons. The SMILES string of the molecule is C=CC(=O)NCCC(=O)NCc1cc(Oc2cccc(Cl)c2)ccn1. The van der Waals surface area contributed by atoms with E-state index in [0.29, 0.717) is 22.2 Å². The number of carbonyl (C=O) groups is 2. The molecule has 6 nitrogen and oxygen atoms in total. The van der Waals surface area contributed by atoms with E-state index in [1.165, 1.54) is 0 Å². The van der Waals surface area contributed by atoms with Crippen LogP contribution in [0.25, 0.3) is 0 Å². The molecule has 0 spiro atoms. The van der Waals surface area contributed by atoms with Gasteiger partial charge in [-0.05, 0) is 30.3 Å². The molecule has 25 heavy (non-hydrogen) atoms. The molecule has 2 rings (SSSR count). The largest absolute Gasteiger partial charge is 0.457 e. The maximum Gasteiger partial charge on any atom is 0.243 e. The molecule has 7 heteroatoms. The fourth-order valence-electron chi connectivity index (χ4n) is 1.93. The lowest BCUT2D eigenvalue weighted by Crippen LogP contribution is -2.29. The molecule has 0 aliphatic heterocycles. The number of benzene rings is 1. The maximum atomic E-state index is 11.7. The Morgan fingerprint density at radius 3 is 2.76 bits per heavy atom. The molecule has 0 aliphatic rings. The number of nitrogens with zero attached hydrogens (tertiary/aromatic N) is 1. The fourth-order valence-corrected chi connectivity index (χ4v) is 2.11. The predicted octanol–water partition coefficient (Wildman–Crippen LogP) is 2.84. The van der Waals surface area contributed by atoms with Gasteiger partial charge in [-0.2, -0.15) is 0 Å². The van der Waals surface area contributed by atoms with Crippen molar-refractivity contribution in [3.05, 3.63) is 66.0 Å². The third-order valence-corrected chi connectivity index (χ3v) is 3.36. The van der Waals surface area contributed by atoms with E-state index >= 15 is 0 Å². The first-order chi connectivity index (χ1) is 12.1. The summed E-state index contributed by atoms with van der Waals surface area (Å²) in [5, 5.41) is 5.86. The van der Waals surface area contributed by atoms with Crippen LogP contribution >= 0.6 is 11.6 Å². The Hall–Kier alpha value is -2.86. The molecule has 1 aromatic heterocycles. The lowest BCUT2D eigenvalue weighted by Gasteiger charge is -2.08. The van der Waals surface area contributed by atoms with Crippen LogP contribution in [0, 0.1) is 0 Å². The molecular formula is C18H18ClN3O3. The number of carbonyl (C=O) groups excluding carboxylic acids is 2. The van der Waals surface area contributed by atoms with Crippen molar-refractivity contribution in [3.63, 3.8) is 0 Å². The van der Waals surface area contributed by atoms with E-state index in [1.807, 2.05) is 0 Å². The van der Waals surface area contributed by atoms with Crippen LogP contribution in [0.5, 0.6) is 11.5 Å². The smallest absolute Gasteiger partial charge is 0.243 e.